The molecule has 1 atom stereocenters. The molecule has 7 nitrogen and oxygen atoms in total. The second-order valence-electron chi connectivity index (χ2n) is 6.11. The quantitative estimate of drug-likeness (QED) is 0.560. The number of carbonyl (C=O) groups excluding carboxylic acids is 3. The lowest BCUT2D eigenvalue weighted by molar-refractivity contribution is -0.123. The topological polar surface area (TPSA) is 97.5 Å². The van der Waals surface area contributed by atoms with Crippen molar-refractivity contribution in [2.75, 3.05) is 11.9 Å². The first-order valence-corrected chi connectivity index (χ1v) is 8.60. The van der Waals surface area contributed by atoms with Crippen molar-refractivity contribution in [3.05, 3.63) is 52.1 Å². The van der Waals surface area contributed by atoms with Gasteiger partial charge in [-0.1, -0.05) is 0 Å². The minimum atomic E-state index is -1.74. The Balaban J connectivity index is 2.13. The minimum absolute atomic E-state index is 0.0517. The van der Waals surface area contributed by atoms with Crippen molar-refractivity contribution in [2.45, 2.75) is 33.8 Å². The van der Waals surface area contributed by atoms with Gasteiger partial charge in [0.15, 0.2) is 23.6 Å². The molecule has 0 saturated carbocycles. The van der Waals surface area contributed by atoms with Crippen molar-refractivity contribution in [2.24, 2.45) is 0 Å². The van der Waals surface area contributed by atoms with Gasteiger partial charge in [0.2, 0.25) is 0 Å². The molecule has 2 N–H and O–H groups in total. The second kappa shape index (κ2) is 8.80. The standard InChI is InChI=1S/C19H19F3N2O5/c1-5-28-18(26)13-8(2)16(23-9(13)3)19(27)29-10(4)17(25)24-12-7-6-11(20)14(21)15(12)22/h6-7,10,23H,5H2,1-4H3,(H,24,25)/t10-/m0/s1. The highest BCUT2D eigenvalue weighted by Gasteiger charge is 2.27. The van der Waals surface area contributed by atoms with Gasteiger partial charge in [0.25, 0.3) is 5.91 Å². The lowest BCUT2D eigenvalue weighted by Gasteiger charge is -2.14. The summed E-state index contributed by atoms with van der Waals surface area (Å²) in [6, 6.07) is 1.48. The highest BCUT2D eigenvalue weighted by Crippen LogP contribution is 2.22. The zero-order valence-electron chi connectivity index (χ0n) is 16.1. The van der Waals surface area contributed by atoms with Gasteiger partial charge >= 0.3 is 11.9 Å². The number of aromatic nitrogens is 1. The Morgan fingerprint density at radius 1 is 1.10 bits per heavy atom. The Bertz CT molecular complexity index is 971. The van der Waals surface area contributed by atoms with Crippen LogP contribution in [0.2, 0.25) is 0 Å². The second-order valence-corrected chi connectivity index (χ2v) is 6.11. The molecule has 0 radical (unpaired) electrons. The molecule has 0 aliphatic rings. The van der Waals surface area contributed by atoms with Crippen LogP contribution in [-0.2, 0) is 14.3 Å². The van der Waals surface area contributed by atoms with Gasteiger partial charge in [0.1, 0.15) is 5.69 Å². The molecule has 0 fully saturated rings. The van der Waals surface area contributed by atoms with Gasteiger partial charge in [-0.2, -0.15) is 0 Å². The molecule has 0 aliphatic heterocycles. The number of rotatable bonds is 6. The fraction of sp³-hybridized carbons (Fsp3) is 0.316. The lowest BCUT2D eigenvalue weighted by atomic mass is 10.1. The summed E-state index contributed by atoms with van der Waals surface area (Å²) in [6.45, 7) is 6.08. The SMILES string of the molecule is CCOC(=O)c1c(C)[nH]c(C(=O)O[C@@H](C)C(=O)Nc2ccc(F)c(F)c2F)c1C. The van der Waals surface area contributed by atoms with Crippen LogP contribution >= 0.6 is 0 Å². The average Bonchev–Trinajstić information content (AvgIpc) is 2.96. The number of anilines is 1. The van der Waals surface area contributed by atoms with Crippen LogP contribution in [0.15, 0.2) is 12.1 Å². The van der Waals surface area contributed by atoms with Crippen LogP contribution in [0.1, 0.15) is 46.0 Å². The maximum atomic E-state index is 13.7. The van der Waals surface area contributed by atoms with Gasteiger partial charge < -0.3 is 19.8 Å². The molecular formula is C19H19F3N2O5. The number of esters is 2. The van der Waals surface area contributed by atoms with Crippen LogP contribution in [0.3, 0.4) is 0 Å². The van der Waals surface area contributed by atoms with E-state index in [0.717, 1.165) is 6.07 Å². The molecule has 2 rings (SSSR count). The smallest absolute Gasteiger partial charge is 0.355 e. The largest absolute Gasteiger partial charge is 0.462 e. The summed E-state index contributed by atoms with van der Waals surface area (Å²) in [5.74, 6) is -7.24. The average molecular weight is 412 g/mol. The molecule has 1 aromatic carbocycles. The van der Waals surface area contributed by atoms with Gasteiger partial charge in [-0.3, -0.25) is 4.79 Å². The highest BCUT2D eigenvalue weighted by molar-refractivity contribution is 6.00. The van der Waals surface area contributed by atoms with Crippen LogP contribution in [0, 0.1) is 31.3 Å². The zero-order valence-corrected chi connectivity index (χ0v) is 16.1. The van der Waals surface area contributed by atoms with Gasteiger partial charge in [-0.05, 0) is 45.4 Å². The number of ether oxygens (including phenoxy) is 2. The molecule has 2 aromatic rings. The first-order valence-electron chi connectivity index (χ1n) is 8.60. The van der Waals surface area contributed by atoms with Crippen molar-refractivity contribution in [3.63, 3.8) is 0 Å². The van der Waals surface area contributed by atoms with E-state index in [0.29, 0.717) is 11.8 Å². The normalized spacial score (nSPS) is 11.7. The van der Waals surface area contributed by atoms with Crippen LogP contribution in [0.4, 0.5) is 18.9 Å². The minimum Gasteiger partial charge on any atom is -0.462 e. The van der Waals surface area contributed by atoms with Crippen LogP contribution < -0.4 is 5.32 Å². The van der Waals surface area contributed by atoms with E-state index in [1.165, 1.54) is 13.8 Å². The number of benzene rings is 1. The maximum absolute atomic E-state index is 13.7. The van der Waals surface area contributed by atoms with E-state index in [-0.39, 0.29) is 23.4 Å². The predicted octanol–water partition coefficient (Wildman–Crippen LogP) is 3.41. The molecule has 0 bridgehead atoms. The molecule has 0 unspecified atom stereocenters. The molecule has 29 heavy (non-hydrogen) atoms. The number of carbonyl (C=O) groups is 3. The van der Waals surface area contributed by atoms with Crippen molar-refractivity contribution >= 4 is 23.5 Å². The third kappa shape index (κ3) is 4.58. The Kier molecular flexibility index (Phi) is 6.68. The van der Waals surface area contributed by atoms with E-state index in [1.54, 1.807) is 13.8 Å². The van der Waals surface area contributed by atoms with E-state index in [4.69, 9.17) is 9.47 Å². The summed E-state index contributed by atoms with van der Waals surface area (Å²) in [6.07, 6.45) is -1.40. The predicted molar refractivity (Wildman–Crippen MR) is 96.0 cm³/mol. The number of hydrogen-bond acceptors (Lipinski definition) is 5. The van der Waals surface area contributed by atoms with Gasteiger partial charge in [0.05, 0.1) is 17.9 Å². The molecule has 1 aromatic heterocycles. The Hall–Kier alpha value is -3.30. The van der Waals surface area contributed by atoms with Crippen molar-refractivity contribution < 1.29 is 37.0 Å². The summed E-state index contributed by atoms with van der Waals surface area (Å²) >= 11 is 0. The monoisotopic (exact) mass is 412 g/mol. The zero-order chi connectivity index (χ0) is 21.9. The number of amides is 1. The lowest BCUT2D eigenvalue weighted by Crippen LogP contribution is -2.30. The maximum Gasteiger partial charge on any atom is 0.355 e. The van der Waals surface area contributed by atoms with Gasteiger partial charge in [-0.15, -0.1) is 0 Å². The van der Waals surface area contributed by atoms with Crippen LogP contribution in [-0.4, -0.2) is 35.5 Å². The number of hydrogen-bond donors (Lipinski definition) is 2. The number of aryl methyl sites for hydroxylation is 1. The molecule has 0 saturated heterocycles. The summed E-state index contributed by atoms with van der Waals surface area (Å²) in [4.78, 5) is 39.2. The van der Waals surface area contributed by atoms with E-state index >= 15 is 0 Å². The number of aromatic amines is 1. The Morgan fingerprint density at radius 2 is 1.76 bits per heavy atom. The molecule has 1 amide bonds. The van der Waals surface area contributed by atoms with Crippen molar-refractivity contribution in [1.29, 1.82) is 0 Å². The molecule has 10 heteroatoms. The third-order valence-corrected chi connectivity index (χ3v) is 4.07. The molecule has 0 aliphatic carbocycles. The molecule has 0 spiro atoms. The first-order chi connectivity index (χ1) is 13.6. The number of halogens is 3. The van der Waals surface area contributed by atoms with Crippen molar-refractivity contribution in [3.8, 4) is 0 Å². The summed E-state index contributed by atoms with van der Waals surface area (Å²) in [5.41, 5.74) is 0.191. The number of H-pyrrole nitrogens is 1. The fourth-order valence-electron chi connectivity index (χ4n) is 2.59. The summed E-state index contributed by atoms with van der Waals surface area (Å²) < 4.78 is 49.8. The van der Waals surface area contributed by atoms with Gasteiger partial charge in [-0.25, -0.2) is 22.8 Å². The summed E-state index contributed by atoms with van der Waals surface area (Å²) in [5, 5.41) is 2.02. The van der Waals surface area contributed by atoms with Crippen LogP contribution in [0.5, 0.6) is 0 Å². The van der Waals surface area contributed by atoms with E-state index < -0.39 is 47.1 Å². The first kappa shape index (κ1) is 22.0. The van der Waals surface area contributed by atoms with E-state index in [2.05, 4.69) is 4.98 Å². The molecular weight excluding hydrogens is 393 g/mol. The Morgan fingerprint density at radius 3 is 2.38 bits per heavy atom. The van der Waals surface area contributed by atoms with E-state index in [1.807, 2.05) is 5.32 Å². The van der Waals surface area contributed by atoms with Crippen molar-refractivity contribution in [1.82, 2.24) is 4.98 Å². The fourth-order valence-corrected chi connectivity index (χ4v) is 2.59. The number of nitrogens with one attached hydrogen (secondary N) is 2. The van der Waals surface area contributed by atoms with Gasteiger partial charge in [0, 0.05) is 5.69 Å². The highest BCUT2D eigenvalue weighted by atomic mass is 19.2. The third-order valence-electron chi connectivity index (χ3n) is 4.07. The van der Waals surface area contributed by atoms with Crippen LogP contribution in [0.25, 0.3) is 0 Å². The summed E-state index contributed by atoms with van der Waals surface area (Å²) in [7, 11) is 0. The van der Waals surface area contributed by atoms with E-state index in [9.17, 15) is 27.6 Å². The molecule has 156 valence electrons. The Labute approximate surface area is 164 Å². The molecule has 1 heterocycles.